The summed E-state index contributed by atoms with van der Waals surface area (Å²) < 4.78 is 0. The van der Waals surface area contributed by atoms with Gasteiger partial charge in [0.1, 0.15) is 5.82 Å². The average molecular weight is 233 g/mol. The summed E-state index contributed by atoms with van der Waals surface area (Å²) >= 11 is 0. The molecule has 0 amide bonds. The molecular weight excluding hydrogens is 210 g/mol. The molecular formula is C14H23N3. The van der Waals surface area contributed by atoms with Gasteiger partial charge in [0.2, 0.25) is 0 Å². The van der Waals surface area contributed by atoms with Crippen molar-refractivity contribution in [1.82, 2.24) is 9.88 Å². The molecule has 0 saturated carbocycles. The predicted molar refractivity (Wildman–Crippen MR) is 72.1 cm³/mol. The lowest BCUT2D eigenvalue weighted by molar-refractivity contribution is 0.117. The van der Waals surface area contributed by atoms with Crippen molar-refractivity contribution < 1.29 is 0 Å². The Hall–Kier alpha value is -1.09. The van der Waals surface area contributed by atoms with Gasteiger partial charge in [0.25, 0.3) is 0 Å². The minimum Gasteiger partial charge on any atom is -0.373 e. The van der Waals surface area contributed by atoms with Gasteiger partial charge < -0.3 is 5.32 Å². The molecule has 0 bridgehead atoms. The summed E-state index contributed by atoms with van der Waals surface area (Å²) in [5, 5.41) is 3.09. The maximum absolute atomic E-state index is 4.26. The van der Waals surface area contributed by atoms with E-state index in [1.165, 1.54) is 24.9 Å². The summed E-state index contributed by atoms with van der Waals surface area (Å²) in [6, 6.07) is 4.97. The second-order valence-electron chi connectivity index (χ2n) is 5.26. The minimum absolute atomic E-state index is 0.706. The molecule has 17 heavy (non-hydrogen) atoms. The SMILES string of the molecule is CNc1cc(CN2CC(C)CCC2C)ccn1. The van der Waals surface area contributed by atoms with Crippen LogP contribution in [-0.2, 0) is 6.54 Å². The van der Waals surface area contributed by atoms with Crippen LogP contribution in [-0.4, -0.2) is 29.5 Å². The first-order valence-corrected chi connectivity index (χ1v) is 6.55. The molecule has 2 rings (SSSR count). The molecule has 0 radical (unpaired) electrons. The number of nitrogens with one attached hydrogen (secondary N) is 1. The Morgan fingerprint density at radius 3 is 3.00 bits per heavy atom. The van der Waals surface area contributed by atoms with Crippen molar-refractivity contribution in [2.45, 2.75) is 39.3 Å². The quantitative estimate of drug-likeness (QED) is 0.870. The van der Waals surface area contributed by atoms with E-state index in [1.54, 1.807) is 0 Å². The van der Waals surface area contributed by atoms with E-state index in [1.807, 2.05) is 13.2 Å². The van der Waals surface area contributed by atoms with E-state index in [9.17, 15) is 0 Å². The van der Waals surface area contributed by atoms with E-state index >= 15 is 0 Å². The molecule has 2 atom stereocenters. The van der Waals surface area contributed by atoms with Crippen LogP contribution in [0.1, 0.15) is 32.3 Å². The normalized spacial score (nSPS) is 25.8. The minimum atomic E-state index is 0.706. The first-order chi connectivity index (χ1) is 8.19. The summed E-state index contributed by atoms with van der Waals surface area (Å²) in [7, 11) is 1.91. The molecule has 0 spiro atoms. The lowest BCUT2D eigenvalue weighted by Gasteiger charge is -2.36. The van der Waals surface area contributed by atoms with Gasteiger partial charge in [-0.1, -0.05) is 6.92 Å². The van der Waals surface area contributed by atoms with E-state index in [-0.39, 0.29) is 0 Å². The smallest absolute Gasteiger partial charge is 0.125 e. The van der Waals surface area contributed by atoms with Gasteiger partial charge in [-0.25, -0.2) is 4.98 Å². The number of nitrogens with zero attached hydrogens (tertiary/aromatic N) is 2. The maximum atomic E-state index is 4.26. The standard InChI is InChI=1S/C14H23N3/c1-11-4-5-12(2)17(9-11)10-13-6-7-16-14(8-13)15-3/h6-8,11-12H,4-5,9-10H2,1-3H3,(H,15,16). The van der Waals surface area contributed by atoms with E-state index in [2.05, 4.69) is 41.2 Å². The molecule has 2 unspecified atom stereocenters. The third-order valence-electron chi connectivity index (χ3n) is 3.71. The van der Waals surface area contributed by atoms with Gasteiger partial charge in [-0.2, -0.15) is 0 Å². The zero-order valence-electron chi connectivity index (χ0n) is 11.1. The van der Waals surface area contributed by atoms with Crippen LogP contribution in [0.15, 0.2) is 18.3 Å². The number of anilines is 1. The molecule has 0 aliphatic carbocycles. The lowest BCUT2D eigenvalue weighted by atomic mass is 9.94. The number of pyridine rings is 1. The van der Waals surface area contributed by atoms with Crippen molar-refractivity contribution >= 4 is 5.82 Å². The van der Waals surface area contributed by atoms with Crippen LogP contribution in [0.25, 0.3) is 0 Å². The molecule has 1 N–H and O–H groups in total. The molecule has 1 aromatic rings. The van der Waals surface area contributed by atoms with Crippen molar-refractivity contribution in [3.05, 3.63) is 23.9 Å². The highest BCUT2D eigenvalue weighted by Crippen LogP contribution is 2.23. The van der Waals surface area contributed by atoms with Gasteiger partial charge in [0.05, 0.1) is 0 Å². The Morgan fingerprint density at radius 2 is 2.24 bits per heavy atom. The van der Waals surface area contributed by atoms with Gasteiger partial charge in [-0.05, 0) is 43.4 Å². The molecule has 1 aliphatic heterocycles. The van der Waals surface area contributed by atoms with E-state index in [0.717, 1.165) is 18.3 Å². The third-order valence-corrected chi connectivity index (χ3v) is 3.71. The van der Waals surface area contributed by atoms with Crippen LogP contribution in [0.3, 0.4) is 0 Å². The third kappa shape index (κ3) is 3.19. The largest absolute Gasteiger partial charge is 0.373 e. The number of piperidine rings is 1. The number of rotatable bonds is 3. The molecule has 1 aliphatic rings. The first-order valence-electron chi connectivity index (χ1n) is 6.55. The molecule has 3 heteroatoms. The summed E-state index contributed by atoms with van der Waals surface area (Å²) in [6.45, 7) is 6.96. The van der Waals surface area contributed by atoms with Crippen molar-refractivity contribution in [2.75, 3.05) is 18.9 Å². The molecule has 3 nitrogen and oxygen atoms in total. The first kappa shape index (κ1) is 12.4. The van der Waals surface area contributed by atoms with Crippen molar-refractivity contribution in [1.29, 1.82) is 0 Å². The molecule has 94 valence electrons. The zero-order chi connectivity index (χ0) is 12.3. The Balaban J connectivity index is 2.03. The van der Waals surface area contributed by atoms with Crippen molar-refractivity contribution in [3.8, 4) is 0 Å². The van der Waals surface area contributed by atoms with Crippen LogP contribution < -0.4 is 5.32 Å². The maximum Gasteiger partial charge on any atom is 0.125 e. The topological polar surface area (TPSA) is 28.2 Å². The van der Waals surface area contributed by atoms with Crippen LogP contribution in [0, 0.1) is 5.92 Å². The number of aromatic nitrogens is 1. The van der Waals surface area contributed by atoms with Crippen LogP contribution in [0.5, 0.6) is 0 Å². The summed E-state index contributed by atoms with van der Waals surface area (Å²) in [4.78, 5) is 6.84. The fourth-order valence-corrected chi connectivity index (χ4v) is 2.54. The molecule has 0 aromatic carbocycles. The van der Waals surface area contributed by atoms with Crippen LogP contribution in [0.4, 0.5) is 5.82 Å². The van der Waals surface area contributed by atoms with Gasteiger partial charge in [-0.15, -0.1) is 0 Å². The second-order valence-corrected chi connectivity index (χ2v) is 5.26. The molecule has 2 heterocycles. The molecule has 1 fully saturated rings. The number of likely N-dealkylation sites (tertiary alicyclic amines) is 1. The Kier molecular flexibility index (Phi) is 4.00. The van der Waals surface area contributed by atoms with Gasteiger partial charge in [0, 0.05) is 32.4 Å². The average Bonchev–Trinajstić information content (AvgIpc) is 2.34. The van der Waals surface area contributed by atoms with E-state index in [0.29, 0.717) is 6.04 Å². The summed E-state index contributed by atoms with van der Waals surface area (Å²) in [6.07, 6.45) is 4.58. The van der Waals surface area contributed by atoms with Crippen LogP contribution >= 0.6 is 0 Å². The summed E-state index contributed by atoms with van der Waals surface area (Å²) in [5.74, 6) is 1.79. The number of hydrogen-bond donors (Lipinski definition) is 1. The summed E-state index contributed by atoms with van der Waals surface area (Å²) in [5.41, 5.74) is 1.35. The van der Waals surface area contributed by atoms with E-state index in [4.69, 9.17) is 0 Å². The molecule has 1 saturated heterocycles. The van der Waals surface area contributed by atoms with Crippen molar-refractivity contribution in [3.63, 3.8) is 0 Å². The lowest BCUT2D eigenvalue weighted by Crippen LogP contribution is -2.40. The van der Waals surface area contributed by atoms with Crippen LogP contribution in [0.2, 0.25) is 0 Å². The van der Waals surface area contributed by atoms with Gasteiger partial charge >= 0.3 is 0 Å². The Labute approximate surface area is 104 Å². The van der Waals surface area contributed by atoms with Gasteiger partial charge in [0.15, 0.2) is 0 Å². The monoisotopic (exact) mass is 233 g/mol. The highest BCUT2D eigenvalue weighted by Gasteiger charge is 2.22. The highest BCUT2D eigenvalue weighted by molar-refractivity contribution is 5.36. The highest BCUT2D eigenvalue weighted by atomic mass is 15.2. The molecule has 1 aromatic heterocycles. The van der Waals surface area contributed by atoms with Gasteiger partial charge in [-0.3, -0.25) is 4.90 Å². The predicted octanol–water partition coefficient (Wildman–Crippen LogP) is 2.74. The van der Waals surface area contributed by atoms with E-state index < -0.39 is 0 Å². The fourth-order valence-electron chi connectivity index (χ4n) is 2.54. The Bertz CT molecular complexity index is 364. The number of hydrogen-bond acceptors (Lipinski definition) is 3. The zero-order valence-corrected chi connectivity index (χ0v) is 11.1. The Morgan fingerprint density at radius 1 is 1.41 bits per heavy atom. The van der Waals surface area contributed by atoms with Crippen molar-refractivity contribution in [2.24, 2.45) is 5.92 Å². The second kappa shape index (κ2) is 5.50. The fraction of sp³-hybridized carbons (Fsp3) is 0.643.